The van der Waals surface area contributed by atoms with Crippen LogP contribution in [0.25, 0.3) is 20.9 Å². The third kappa shape index (κ3) is 11.4. The molecule has 1 aliphatic heterocycles. The zero-order valence-corrected chi connectivity index (χ0v) is 35.0. The Labute approximate surface area is 370 Å². The molecular weight excluding hydrogens is 811 g/mol. The summed E-state index contributed by atoms with van der Waals surface area (Å²) in [4.78, 5) is 26.2. The standard InChI is InChI=1S/C49H47N9O6/c50-57-53-32-40-17-8-7-16-39(40)31-49(46(42-18-9-10-19-43(42)55-58-51)64-47(54-49)38-21-23-41(24-22-38)61-29-11-28-59)48(60)56-52-27-26-35-20-25-44(62-33-36-12-3-1-4-13-36)45(30-35)63-34-37-14-5-2-6-15-37/h1-10,12-25,30,46,52,59H,11,26-29,31-34H2,(H,56,60)/t46-,49-/m0/s1. The average molecular weight is 858 g/mol. The van der Waals surface area contributed by atoms with Crippen LogP contribution in [0.3, 0.4) is 0 Å². The van der Waals surface area contributed by atoms with E-state index >= 15 is 4.79 Å². The number of aliphatic hydroxyl groups excluding tert-OH is 1. The van der Waals surface area contributed by atoms with E-state index in [1.165, 1.54) is 0 Å². The fourth-order valence-corrected chi connectivity index (χ4v) is 7.26. The summed E-state index contributed by atoms with van der Waals surface area (Å²) in [5.41, 5.74) is 28.8. The molecule has 15 heteroatoms. The first-order valence-corrected chi connectivity index (χ1v) is 20.8. The summed E-state index contributed by atoms with van der Waals surface area (Å²) in [7, 11) is 0. The number of carbonyl (C=O) groups excluding carboxylic acids is 1. The molecule has 0 bridgehead atoms. The van der Waals surface area contributed by atoms with Gasteiger partial charge in [-0.05, 0) is 81.7 Å². The van der Waals surface area contributed by atoms with E-state index in [1.807, 2.05) is 103 Å². The number of hydrogen-bond acceptors (Lipinski definition) is 10. The largest absolute Gasteiger partial charge is 0.494 e. The second-order valence-electron chi connectivity index (χ2n) is 14.8. The number of carbonyl (C=O) groups is 1. The van der Waals surface area contributed by atoms with Gasteiger partial charge in [-0.3, -0.25) is 10.2 Å². The van der Waals surface area contributed by atoms with Gasteiger partial charge in [-0.25, -0.2) is 10.4 Å². The summed E-state index contributed by atoms with van der Waals surface area (Å²) in [5, 5.41) is 17.0. The predicted octanol–water partition coefficient (Wildman–Crippen LogP) is 9.72. The van der Waals surface area contributed by atoms with Crippen molar-refractivity contribution in [3.63, 3.8) is 0 Å². The molecule has 1 amide bonds. The molecule has 0 saturated heterocycles. The van der Waals surface area contributed by atoms with Crippen molar-refractivity contribution >= 4 is 17.5 Å². The van der Waals surface area contributed by atoms with E-state index in [9.17, 15) is 16.2 Å². The highest BCUT2D eigenvalue weighted by Gasteiger charge is 2.54. The number of nitrogens with zero attached hydrogens (tertiary/aromatic N) is 7. The van der Waals surface area contributed by atoms with Crippen molar-refractivity contribution in [1.82, 2.24) is 10.9 Å². The number of benzene rings is 6. The van der Waals surface area contributed by atoms with Crippen molar-refractivity contribution in [2.75, 3.05) is 19.8 Å². The van der Waals surface area contributed by atoms with Gasteiger partial charge in [0.15, 0.2) is 23.1 Å². The molecule has 3 N–H and O–H groups in total. The Bertz CT molecular complexity index is 2620. The first-order chi connectivity index (χ1) is 31.5. The van der Waals surface area contributed by atoms with E-state index in [1.54, 1.807) is 48.5 Å². The van der Waals surface area contributed by atoms with Crippen LogP contribution in [0, 0.1) is 0 Å². The SMILES string of the molecule is [N-]=[N+]=NCc1ccccc1C[C@]1(C(=O)NNCCc2ccc(OCc3ccccc3)c(OCc3ccccc3)c2)N=C(c2ccc(OCCCO)cc2)O[C@H]1c1ccccc1N=[N+]=[N-]. The van der Waals surface area contributed by atoms with Gasteiger partial charge in [-0.2, -0.15) is 0 Å². The second kappa shape index (κ2) is 22.3. The minimum atomic E-state index is -1.68. The zero-order chi connectivity index (χ0) is 44.4. The number of amides is 1. The summed E-state index contributed by atoms with van der Waals surface area (Å²) in [6.07, 6.45) is -0.0707. The zero-order valence-electron chi connectivity index (χ0n) is 35.0. The van der Waals surface area contributed by atoms with Gasteiger partial charge in [0.05, 0.1) is 13.2 Å². The van der Waals surface area contributed by atoms with Crippen molar-refractivity contribution in [1.29, 1.82) is 0 Å². The van der Waals surface area contributed by atoms with Gasteiger partial charge in [0.2, 0.25) is 5.90 Å². The highest BCUT2D eigenvalue weighted by atomic mass is 16.5. The van der Waals surface area contributed by atoms with E-state index in [-0.39, 0.29) is 31.2 Å². The Kier molecular flexibility index (Phi) is 15.4. The van der Waals surface area contributed by atoms with E-state index < -0.39 is 17.6 Å². The summed E-state index contributed by atoms with van der Waals surface area (Å²) >= 11 is 0. The smallest absolute Gasteiger partial charge is 0.266 e. The number of aliphatic hydroxyl groups is 1. The lowest BCUT2D eigenvalue weighted by atomic mass is 9.80. The Balaban J connectivity index is 1.17. The molecular formula is C49H47N9O6. The Morgan fingerprint density at radius 3 is 2.12 bits per heavy atom. The number of aliphatic imine (C=N–C) groups is 1. The van der Waals surface area contributed by atoms with Crippen LogP contribution in [0.5, 0.6) is 17.2 Å². The molecule has 0 saturated carbocycles. The molecule has 7 rings (SSSR count). The van der Waals surface area contributed by atoms with Crippen molar-refractivity contribution in [3.8, 4) is 17.2 Å². The van der Waals surface area contributed by atoms with Crippen LogP contribution >= 0.6 is 0 Å². The lowest BCUT2D eigenvalue weighted by Crippen LogP contribution is -2.54. The van der Waals surface area contributed by atoms with E-state index in [0.29, 0.717) is 78.7 Å². The van der Waals surface area contributed by atoms with Crippen LogP contribution < -0.4 is 25.1 Å². The van der Waals surface area contributed by atoms with Crippen molar-refractivity contribution in [3.05, 3.63) is 211 Å². The second-order valence-corrected chi connectivity index (χ2v) is 14.8. The summed E-state index contributed by atoms with van der Waals surface area (Å²) < 4.78 is 25.0. The molecule has 1 aliphatic rings. The maximum atomic E-state index is 15.0. The number of nitrogens with one attached hydrogen (secondary N) is 2. The van der Waals surface area contributed by atoms with Crippen molar-refractivity contribution in [2.45, 2.75) is 50.7 Å². The minimum absolute atomic E-state index is 0.00954. The fourth-order valence-electron chi connectivity index (χ4n) is 7.26. The lowest BCUT2D eigenvalue weighted by molar-refractivity contribution is -0.130. The topological polar surface area (TPSA) is 208 Å². The number of ether oxygens (including phenoxy) is 4. The molecule has 6 aromatic carbocycles. The van der Waals surface area contributed by atoms with Gasteiger partial charge in [-0.15, -0.1) is 0 Å². The number of azide groups is 2. The lowest BCUT2D eigenvalue weighted by Gasteiger charge is -2.32. The summed E-state index contributed by atoms with van der Waals surface area (Å²) in [6.45, 7) is 1.45. The molecule has 0 radical (unpaired) electrons. The molecule has 0 aliphatic carbocycles. The molecule has 2 atom stereocenters. The fraction of sp³-hybridized carbons (Fsp3) is 0.224. The average Bonchev–Trinajstić information content (AvgIpc) is 3.72. The highest BCUT2D eigenvalue weighted by molar-refractivity contribution is 6.01. The maximum Gasteiger partial charge on any atom is 0.266 e. The quantitative estimate of drug-likeness (QED) is 0.0198. The normalized spacial score (nSPS) is 15.1. The van der Waals surface area contributed by atoms with Gasteiger partial charge in [0.1, 0.15) is 19.0 Å². The van der Waals surface area contributed by atoms with Gasteiger partial charge in [0.25, 0.3) is 5.91 Å². The monoisotopic (exact) mass is 857 g/mol. The molecule has 0 fully saturated rings. The molecule has 0 spiro atoms. The van der Waals surface area contributed by atoms with Crippen LogP contribution in [0.15, 0.2) is 167 Å². The van der Waals surface area contributed by atoms with Gasteiger partial charge in [-0.1, -0.05) is 125 Å². The molecule has 0 aromatic heterocycles. The van der Waals surface area contributed by atoms with Crippen LogP contribution in [0.4, 0.5) is 5.69 Å². The van der Waals surface area contributed by atoms with Gasteiger partial charge < -0.3 is 24.1 Å². The molecule has 0 unspecified atom stereocenters. The van der Waals surface area contributed by atoms with E-state index in [4.69, 9.17) is 23.9 Å². The molecule has 15 nitrogen and oxygen atoms in total. The molecule has 64 heavy (non-hydrogen) atoms. The van der Waals surface area contributed by atoms with E-state index in [2.05, 4.69) is 30.9 Å². The Morgan fingerprint density at radius 2 is 1.42 bits per heavy atom. The third-order valence-electron chi connectivity index (χ3n) is 10.5. The van der Waals surface area contributed by atoms with Crippen LogP contribution in [-0.2, 0) is 42.1 Å². The number of rotatable bonds is 22. The Morgan fingerprint density at radius 1 is 0.750 bits per heavy atom. The molecule has 1 heterocycles. The van der Waals surface area contributed by atoms with Gasteiger partial charge >= 0.3 is 0 Å². The first kappa shape index (κ1) is 44.3. The molecule has 6 aromatic rings. The minimum Gasteiger partial charge on any atom is -0.494 e. The van der Waals surface area contributed by atoms with Crippen LogP contribution in [0.1, 0.15) is 51.5 Å². The summed E-state index contributed by atoms with van der Waals surface area (Å²) in [6, 6.07) is 47.0. The maximum absolute atomic E-state index is 15.0. The predicted molar refractivity (Wildman–Crippen MR) is 243 cm³/mol. The first-order valence-electron chi connectivity index (χ1n) is 20.8. The van der Waals surface area contributed by atoms with E-state index in [0.717, 1.165) is 16.7 Å². The van der Waals surface area contributed by atoms with Crippen LogP contribution in [-0.4, -0.2) is 42.2 Å². The van der Waals surface area contributed by atoms with Crippen molar-refractivity contribution < 1.29 is 28.8 Å². The number of hydrazine groups is 1. The Hall–Kier alpha value is -7.80. The number of hydrogen-bond donors (Lipinski definition) is 3. The van der Waals surface area contributed by atoms with Crippen LogP contribution in [0.2, 0.25) is 0 Å². The molecule has 324 valence electrons. The van der Waals surface area contributed by atoms with Gasteiger partial charge in [0, 0.05) is 52.6 Å². The van der Waals surface area contributed by atoms with Crippen molar-refractivity contribution in [2.24, 2.45) is 15.2 Å². The summed E-state index contributed by atoms with van der Waals surface area (Å²) in [5.74, 6) is 1.46. The third-order valence-corrected chi connectivity index (χ3v) is 10.5. The highest BCUT2D eigenvalue weighted by Crippen LogP contribution is 2.46.